The van der Waals surface area contributed by atoms with Crippen molar-refractivity contribution >= 4 is 23.5 Å². The molecule has 0 bridgehead atoms. The molecule has 1 saturated heterocycles. The number of carbonyl (C=O) groups excluding carboxylic acids is 1. The molecule has 6 heteroatoms. The summed E-state index contributed by atoms with van der Waals surface area (Å²) >= 11 is 1.73. The van der Waals surface area contributed by atoms with Crippen LogP contribution in [0.5, 0.6) is 11.5 Å². The molecule has 126 valence electrons. The third-order valence-corrected chi connectivity index (χ3v) is 5.13. The standard InChI is InChI=1S/C18H20N2O3S/c1-22-14-8-9-15(16(12-14)23-2)17-20(10-11-24-17)18(21)19-13-6-4-3-5-7-13/h3-9,12,17H,10-11H2,1-2H3,(H,19,21)/t17-/m1/s1. The number of nitrogens with zero attached hydrogens (tertiary/aromatic N) is 1. The second-order valence-electron chi connectivity index (χ2n) is 5.32. The average Bonchev–Trinajstić information content (AvgIpc) is 3.11. The van der Waals surface area contributed by atoms with Gasteiger partial charge in [-0.1, -0.05) is 18.2 Å². The summed E-state index contributed by atoms with van der Waals surface area (Å²) in [6.45, 7) is 0.698. The monoisotopic (exact) mass is 344 g/mol. The van der Waals surface area contributed by atoms with E-state index in [0.29, 0.717) is 6.54 Å². The molecule has 1 fully saturated rings. The van der Waals surface area contributed by atoms with Crippen LogP contribution in [0.3, 0.4) is 0 Å². The molecule has 24 heavy (non-hydrogen) atoms. The molecule has 0 saturated carbocycles. The fourth-order valence-electron chi connectivity index (χ4n) is 2.67. The van der Waals surface area contributed by atoms with Gasteiger partial charge >= 0.3 is 6.03 Å². The van der Waals surface area contributed by atoms with Crippen LogP contribution in [0.1, 0.15) is 10.9 Å². The molecule has 5 nitrogen and oxygen atoms in total. The lowest BCUT2D eigenvalue weighted by atomic mass is 10.1. The number of benzene rings is 2. The van der Waals surface area contributed by atoms with Gasteiger partial charge in [0.05, 0.1) is 14.2 Å². The molecular weight excluding hydrogens is 324 g/mol. The molecule has 0 unspecified atom stereocenters. The van der Waals surface area contributed by atoms with Gasteiger partial charge in [0.2, 0.25) is 0 Å². The highest BCUT2D eigenvalue weighted by molar-refractivity contribution is 7.99. The number of amides is 2. The topological polar surface area (TPSA) is 50.8 Å². The van der Waals surface area contributed by atoms with Gasteiger partial charge < -0.3 is 19.7 Å². The fourth-order valence-corrected chi connectivity index (χ4v) is 3.96. The van der Waals surface area contributed by atoms with Crippen molar-refractivity contribution in [2.45, 2.75) is 5.37 Å². The highest BCUT2D eigenvalue weighted by atomic mass is 32.2. The van der Waals surface area contributed by atoms with Crippen molar-refractivity contribution in [3.8, 4) is 11.5 Å². The molecule has 1 atom stereocenters. The summed E-state index contributed by atoms with van der Waals surface area (Å²) in [6, 6.07) is 15.1. The van der Waals surface area contributed by atoms with E-state index >= 15 is 0 Å². The van der Waals surface area contributed by atoms with Gasteiger partial charge in [0.15, 0.2) is 0 Å². The van der Waals surface area contributed by atoms with Gasteiger partial charge in [-0.2, -0.15) is 0 Å². The molecule has 1 N–H and O–H groups in total. The number of para-hydroxylation sites is 1. The zero-order valence-electron chi connectivity index (χ0n) is 13.7. The number of thioether (sulfide) groups is 1. The van der Waals surface area contributed by atoms with Crippen molar-refractivity contribution < 1.29 is 14.3 Å². The molecule has 1 aliphatic heterocycles. The molecule has 0 aliphatic carbocycles. The van der Waals surface area contributed by atoms with Crippen LogP contribution in [0, 0.1) is 0 Å². The van der Waals surface area contributed by atoms with Crippen LogP contribution in [0.2, 0.25) is 0 Å². The normalized spacial score (nSPS) is 16.8. The fraction of sp³-hybridized carbons (Fsp3) is 0.278. The maximum absolute atomic E-state index is 12.7. The van der Waals surface area contributed by atoms with Crippen molar-refractivity contribution in [1.29, 1.82) is 0 Å². The number of nitrogens with one attached hydrogen (secondary N) is 1. The average molecular weight is 344 g/mol. The summed E-state index contributed by atoms with van der Waals surface area (Å²) in [5.41, 5.74) is 1.77. The van der Waals surface area contributed by atoms with Crippen molar-refractivity contribution in [2.24, 2.45) is 0 Å². The third kappa shape index (κ3) is 3.43. The lowest BCUT2D eigenvalue weighted by Gasteiger charge is -2.26. The lowest BCUT2D eigenvalue weighted by molar-refractivity contribution is 0.213. The van der Waals surface area contributed by atoms with E-state index in [9.17, 15) is 4.79 Å². The van der Waals surface area contributed by atoms with Crippen LogP contribution >= 0.6 is 11.8 Å². The zero-order valence-corrected chi connectivity index (χ0v) is 14.5. The van der Waals surface area contributed by atoms with Crippen LogP contribution in [-0.4, -0.2) is 37.4 Å². The maximum Gasteiger partial charge on any atom is 0.323 e. The Labute approximate surface area is 145 Å². The number of anilines is 1. The predicted molar refractivity (Wildman–Crippen MR) is 96.9 cm³/mol. The summed E-state index contributed by atoms with van der Waals surface area (Å²) in [4.78, 5) is 14.5. The van der Waals surface area contributed by atoms with Gasteiger partial charge in [-0.25, -0.2) is 4.79 Å². The minimum Gasteiger partial charge on any atom is -0.497 e. The Balaban J connectivity index is 1.81. The van der Waals surface area contributed by atoms with E-state index in [1.807, 2.05) is 53.4 Å². The Morgan fingerprint density at radius 3 is 2.67 bits per heavy atom. The van der Waals surface area contributed by atoms with Crippen molar-refractivity contribution in [3.63, 3.8) is 0 Å². The van der Waals surface area contributed by atoms with Crippen LogP contribution in [0.25, 0.3) is 0 Å². The van der Waals surface area contributed by atoms with Gasteiger partial charge in [-0.15, -0.1) is 11.8 Å². The Kier molecular flexibility index (Phi) is 5.15. The summed E-state index contributed by atoms with van der Waals surface area (Å²) in [6.07, 6.45) is 0. The molecule has 1 aliphatic rings. The van der Waals surface area contributed by atoms with Crippen molar-refractivity contribution in [3.05, 3.63) is 54.1 Å². The predicted octanol–water partition coefficient (Wildman–Crippen LogP) is 3.98. The molecule has 0 radical (unpaired) electrons. The first-order valence-corrected chi connectivity index (χ1v) is 8.74. The SMILES string of the molecule is COc1ccc([C@H]2SCCN2C(=O)Nc2ccccc2)c(OC)c1. The van der Waals surface area contributed by atoms with Crippen molar-refractivity contribution in [2.75, 3.05) is 31.8 Å². The van der Waals surface area contributed by atoms with Crippen LogP contribution in [-0.2, 0) is 0 Å². The molecule has 0 spiro atoms. The minimum atomic E-state index is -0.103. The first-order chi connectivity index (χ1) is 11.7. The summed E-state index contributed by atoms with van der Waals surface area (Å²) in [5.74, 6) is 2.35. The lowest BCUT2D eigenvalue weighted by Crippen LogP contribution is -2.34. The van der Waals surface area contributed by atoms with Gasteiger partial charge in [-0.3, -0.25) is 0 Å². The Morgan fingerprint density at radius 2 is 1.96 bits per heavy atom. The first-order valence-electron chi connectivity index (χ1n) is 7.69. The Bertz CT molecular complexity index is 709. The van der Waals surface area contributed by atoms with E-state index in [1.54, 1.807) is 26.0 Å². The summed E-state index contributed by atoms with van der Waals surface area (Å²) in [5, 5.41) is 2.88. The molecule has 2 aromatic carbocycles. The van der Waals surface area contributed by atoms with E-state index in [2.05, 4.69) is 5.32 Å². The van der Waals surface area contributed by atoms with Gasteiger partial charge in [0.25, 0.3) is 0 Å². The van der Waals surface area contributed by atoms with Crippen LogP contribution in [0.15, 0.2) is 48.5 Å². The minimum absolute atomic E-state index is 0.0745. The van der Waals surface area contributed by atoms with E-state index in [4.69, 9.17) is 9.47 Å². The smallest absolute Gasteiger partial charge is 0.323 e. The molecule has 0 aromatic heterocycles. The molecular formula is C18H20N2O3S. The summed E-state index contributed by atoms with van der Waals surface area (Å²) < 4.78 is 10.7. The Morgan fingerprint density at radius 1 is 1.17 bits per heavy atom. The molecule has 2 aromatic rings. The first kappa shape index (κ1) is 16.5. The largest absolute Gasteiger partial charge is 0.497 e. The maximum atomic E-state index is 12.7. The second-order valence-corrected chi connectivity index (χ2v) is 6.51. The molecule has 3 rings (SSSR count). The van der Waals surface area contributed by atoms with Crippen molar-refractivity contribution in [1.82, 2.24) is 4.90 Å². The number of methoxy groups -OCH3 is 2. The molecule has 1 heterocycles. The number of urea groups is 1. The highest BCUT2D eigenvalue weighted by Crippen LogP contribution is 2.43. The third-order valence-electron chi connectivity index (χ3n) is 3.88. The van der Waals surface area contributed by atoms with Crippen LogP contribution < -0.4 is 14.8 Å². The van der Waals surface area contributed by atoms with Gasteiger partial charge in [-0.05, 0) is 24.3 Å². The quantitative estimate of drug-likeness (QED) is 0.911. The number of rotatable bonds is 4. The van der Waals surface area contributed by atoms with E-state index < -0.39 is 0 Å². The number of carbonyl (C=O) groups is 1. The highest BCUT2D eigenvalue weighted by Gasteiger charge is 2.32. The Hall–Kier alpha value is -2.34. The van der Waals surface area contributed by atoms with E-state index in [-0.39, 0.29) is 11.4 Å². The summed E-state index contributed by atoms with van der Waals surface area (Å²) in [7, 11) is 3.25. The zero-order chi connectivity index (χ0) is 16.9. The van der Waals surface area contributed by atoms with Gasteiger partial charge in [0, 0.05) is 29.6 Å². The van der Waals surface area contributed by atoms with E-state index in [0.717, 1.165) is 28.5 Å². The second kappa shape index (κ2) is 7.49. The molecule has 2 amide bonds. The van der Waals surface area contributed by atoms with Crippen LogP contribution in [0.4, 0.5) is 10.5 Å². The number of hydrogen-bond donors (Lipinski definition) is 1. The number of hydrogen-bond acceptors (Lipinski definition) is 4. The van der Waals surface area contributed by atoms with E-state index in [1.165, 1.54) is 0 Å². The van der Waals surface area contributed by atoms with Gasteiger partial charge in [0.1, 0.15) is 16.9 Å². The number of ether oxygens (including phenoxy) is 2.